The number of carboxylic acids is 1. The van der Waals surface area contributed by atoms with Crippen molar-refractivity contribution in [2.45, 2.75) is 44.6 Å². The summed E-state index contributed by atoms with van der Waals surface area (Å²) < 4.78 is 0. The van der Waals surface area contributed by atoms with Gasteiger partial charge in [0.2, 0.25) is 5.91 Å². The van der Waals surface area contributed by atoms with E-state index in [9.17, 15) is 9.59 Å². The van der Waals surface area contributed by atoms with Gasteiger partial charge in [0.05, 0.1) is 0 Å². The van der Waals surface area contributed by atoms with Gasteiger partial charge in [-0.2, -0.15) is 0 Å². The zero-order valence-corrected chi connectivity index (χ0v) is 11.7. The summed E-state index contributed by atoms with van der Waals surface area (Å²) in [4.78, 5) is 23.2. The van der Waals surface area contributed by atoms with Crippen LogP contribution in [-0.2, 0) is 9.59 Å². The molecule has 2 rings (SSSR count). The highest BCUT2D eigenvalue weighted by Crippen LogP contribution is 2.47. The van der Waals surface area contributed by atoms with Crippen LogP contribution in [0.2, 0.25) is 0 Å². The molecule has 0 heterocycles. The van der Waals surface area contributed by atoms with Crippen molar-refractivity contribution in [3.63, 3.8) is 0 Å². The van der Waals surface area contributed by atoms with Gasteiger partial charge >= 0.3 is 5.97 Å². The lowest BCUT2D eigenvalue weighted by atomic mass is 10.1. The SMILES string of the molecule is CCCCC(NC(=O)C1CC1c1ccccc1)C(=O)O. The van der Waals surface area contributed by atoms with Gasteiger partial charge in [0.15, 0.2) is 0 Å². The molecule has 20 heavy (non-hydrogen) atoms. The van der Waals surface area contributed by atoms with Gasteiger partial charge in [-0.25, -0.2) is 4.79 Å². The van der Waals surface area contributed by atoms with Crippen LogP contribution in [-0.4, -0.2) is 23.0 Å². The summed E-state index contributed by atoms with van der Waals surface area (Å²) in [7, 11) is 0. The van der Waals surface area contributed by atoms with E-state index in [0.717, 1.165) is 24.8 Å². The highest BCUT2D eigenvalue weighted by molar-refractivity contribution is 5.87. The Kier molecular flexibility index (Phi) is 4.77. The Morgan fingerprint density at radius 1 is 1.35 bits per heavy atom. The molecule has 1 saturated carbocycles. The molecule has 108 valence electrons. The molecular formula is C16H21NO3. The fraction of sp³-hybridized carbons (Fsp3) is 0.500. The predicted octanol–water partition coefficient (Wildman–Crippen LogP) is 2.55. The summed E-state index contributed by atoms with van der Waals surface area (Å²) in [6.45, 7) is 2.01. The summed E-state index contributed by atoms with van der Waals surface area (Å²) in [5, 5.41) is 11.8. The Bertz CT molecular complexity index is 472. The number of carboxylic acid groups (broad SMARTS) is 1. The Labute approximate surface area is 119 Å². The van der Waals surface area contributed by atoms with Gasteiger partial charge in [-0.05, 0) is 24.3 Å². The molecule has 3 atom stereocenters. The minimum atomic E-state index is -0.941. The number of carbonyl (C=O) groups is 2. The van der Waals surface area contributed by atoms with Crippen LogP contribution < -0.4 is 5.32 Å². The van der Waals surface area contributed by atoms with Gasteiger partial charge in [0.1, 0.15) is 6.04 Å². The van der Waals surface area contributed by atoms with Gasteiger partial charge in [-0.15, -0.1) is 0 Å². The first-order chi connectivity index (χ1) is 9.63. The quantitative estimate of drug-likeness (QED) is 0.803. The number of benzene rings is 1. The van der Waals surface area contributed by atoms with Crippen LogP contribution in [0.4, 0.5) is 0 Å². The molecule has 1 aliphatic carbocycles. The van der Waals surface area contributed by atoms with Crippen molar-refractivity contribution in [1.29, 1.82) is 0 Å². The zero-order valence-electron chi connectivity index (χ0n) is 11.7. The Morgan fingerprint density at radius 2 is 2.05 bits per heavy atom. The van der Waals surface area contributed by atoms with E-state index in [1.54, 1.807) is 0 Å². The first-order valence-electron chi connectivity index (χ1n) is 7.21. The van der Waals surface area contributed by atoms with E-state index >= 15 is 0 Å². The van der Waals surface area contributed by atoms with E-state index in [-0.39, 0.29) is 17.7 Å². The van der Waals surface area contributed by atoms with Crippen molar-refractivity contribution in [3.8, 4) is 0 Å². The molecule has 1 aliphatic rings. The number of hydrogen-bond acceptors (Lipinski definition) is 2. The smallest absolute Gasteiger partial charge is 0.326 e. The number of unbranched alkanes of at least 4 members (excludes halogenated alkanes) is 1. The van der Waals surface area contributed by atoms with Crippen LogP contribution >= 0.6 is 0 Å². The minimum absolute atomic E-state index is 0.0686. The number of aliphatic carboxylic acids is 1. The van der Waals surface area contributed by atoms with Gasteiger partial charge in [-0.3, -0.25) is 4.79 Å². The summed E-state index contributed by atoms with van der Waals surface area (Å²) in [5.74, 6) is -0.885. The number of carbonyl (C=O) groups excluding carboxylic acids is 1. The van der Waals surface area contributed by atoms with Crippen LogP contribution in [0.25, 0.3) is 0 Å². The van der Waals surface area contributed by atoms with Crippen LogP contribution in [0, 0.1) is 5.92 Å². The Morgan fingerprint density at radius 3 is 2.65 bits per heavy atom. The van der Waals surface area contributed by atoms with E-state index in [0.29, 0.717) is 6.42 Å². The highest BCUT2D eigenvalue weighted by Gasteiger charge is 2.44. The molecular weight excluding hydrogens is 254 g/mol. The number of nitrogens with one attached hydrogen (secondary N) is 1. The fourth-order valence-electron chi connectivity index (χ4n) is 2.50. The lowest BCUT2D eigenvalue weighted by Crippen LogP contribution is -2.41. The molecule has 0 spiro atoms. The van der Waals surface area contributed by atoms with Crippen LogP contribution in [0.1, 0.15) is 44.1 Å². The molecule has 1 aromatic carbocycles. The van der Waals surface area contributed by atoms with E-state index < -0.39 is 12.0 Å². The molecule has 0 aliphatic heterocycles. The Hall–Kier alpha value is -1.84. The number of amides is 1. The van der Waals surface area contributed by atoms with Crippen LogP contribution in [0.3, 0.4) is 0 Å². The zero-order chi connectivity index (χ0) is 14.5. The molecule has 1 fully saturated rings. The predicted molar refractivity (Wildman–Crippen MR) is 76.4 cm³/mol. The van der Waals surface area contributed by atoms with E-state index in [4.69, 9.17) is 5.11 Å². The largest absolute Gasteiger partial charge is 0.480 e. The highest BCUT2D eigenvalue weighted by atomic mass is 16.4. The monoisotopic (exact) mass is 275 g/mol. The third-order valence-corrected chi connectivity index (χ3v) is 3.82. The summed E-state index contributed by atoms with van der Waals surface area (Å²) in [5.41, 5.74) is 1.16. The van der Waals surface area contributed by atoms with Gasteiger partial charge in [0.25, 0.3) is 0 Å². The van der Waals surface area contributed by atoms with Crippen molar-refractivity contribution in [3.05, 3.63) is 35.9 Å². The van der Waals surface area contributed by atoms with Crippen molar-refractivity contribution in [2.75, 3.05) is 0 Å². The molecule has 1 aromatic rings. The van der Waals surface area contributed by atoms with Gasteiger partial charge in [-0.1, -0.05) is 50.1 Å². The molecule has 0 aromatic heterocycles. The fourth-order valence-corrected chi connectivity index (χ4v) is 2.50. The average molecular weight is 275 g/mol. The lowest BCUT2D eigenvalue weighted by Gasteiger charge is -2.14. The van der Waals surface area contributed by atoms with Crippen LogP contribution in [0.5, 0.6) is 0 Å². The van der Waals surface area contributed by atoms with Crippen molar-refractivity contribution < 1.29 is 14.7 Å². The Balaban J connectivity index is 1.88. The minimum Gasteiger partial charge on any atom is -0.480 e. The summed E-state index contributed by atoms with van der Waals surface area (Å²) >= 11 is 0. The standard InChI is InChI=1S/C16H21NO3/c1-2-3-9-14(16(19)20)17-15(18)13-10-12(13)11-7-5-4-6-8-11/h4-8,12-14H,2-3,9-10H2,1H3,(H,17,18)(H,19,20). The maximum Gasteiger partial charge on any atom is 0.326 e. The van der Waals surface area contributed by atoms with E-state index in [1.165, 1.54) is 0 Å². The third kappa shape index (κ3) is 3.59. The second-order valence-corrected chi connectivity index (χ2v) is 5.40. The first kappa shape index (κ1) is 14.6. The second kappa shape index (κ2) is 6.55. The van der Waals surface area contributed by atoms with Gasteiger partial charge in [0, 0.05) is 5.92 Å². The van der Waals surface area contributed by atoms with E-state index in [2.05, 4.69) is 5.32 Å². The molecule has 0 radical (unpaired) electrons. The molecule has 0 saturated heterocycles. The average Bonchev–Trinajstić information content (AvgIpc) is 3.24. The number of rotatable bonds is 7. The molecule has 1 amide bonds. The summed E-state index contributed by atoms with van der Waals surface area (Å²) in [6.07, 6.45) is 3.05. The molecule has 4 heteroatoms. The van der Waals surface area contributed by atoms with Crippen molar-refractivity contribution in [1.82, 2.24) is 5.32 Å². The maximum atomic E-state index is 12.1. The topological polar surface area (TPSA) is 66.4 Å². The van der Waals surface area contributed by atoms with Gasteiger partial charge < -0.3 is 10.4 Å². The molecule has 4 nitrogen and oxygen atoms in total. The molecule has 0 bridgehead atoms. The normalized spacial score (nSPS) is 22.1. The van der Waals surface area contributed by atoms with Crippen LogP contribution in [0.15, 0.2) is 30.3 Å². The van der Waals surface area contributed by atoms with Crippen molar-refractivity contribution >= 4 is 11.9 Å². The first-order valence-corrected chi connectivity index (χ1v) is 7.21. The van der Waals surface area contributed by atoms with E-state index in [1.807, 2.05) is 37.3 Å². The maximum absolute atomic E-state index is 12.1. The van der Waals surface area contributed by atoms with Crippen molar-refractivity contribution in [2.24, 2.45) is 5.92 Å². The molecule has 2 N–H and O–H groups in total. The molecule has 3 unspecified atom stereocenters. The number of hydrogen-bond donors (Lipinski definition) is 2. The summed E-state index contributed by atoms with van der Waals surface area (Å²) in [6, 6.07) is 9.16. The second-order valence-electron chi connectivity index (χ2n) is 5.40. The third-order valence-electron chi connectivity index (χ3n) is 3.82. The lowest BCUT2D eigenvalue weighted by molar-refractivity contribution is -0.142.